The third-order valence-corrected chi connectivity index (χ3v) is 4.73. The van der Waals surface area contributed by atoms with Crippen LogP contribution in [0.2, 0.25) is 0 Å². The van der Waals surface area contributed by atoms with Crippen LogP contribution in [0.4, 0.5) is 5.69 Å². The average molecular weight is 328 g/mol. The van der Waals surface area contributed by atoms with Gasteiger partial charge in [0.05, 0.1) is 11.3 Å². The first kappa shape index (κ1) is 18.4. The van der Waals surface area contributed by atoms with E-state index in [1.54, 1.807) is 13.8 Å². The fourth-order valence-corrected chi connectivity index (χ4v) is 3.59. The molecule has 1 aromatic carbocycles. The highest BCUT2D eigenvalue weighted by Crippen LogP contribution is 2.24. The van der Waals surface area contributed by atoms with Gasteiger partial charge in [-0.1, -0.05) is 13.3 Å². The Morgan fingerprint density at radius 2 is 1.91 bits per heavy atom. The lowest BCUT2D eigenvalue weighted by molar-refractivity contribution is 0.0696. The van der Waals surface area contributed by atoms with Crippen molar-refractivity contribution in [2.75, 3.05) is 5.32 Å². The molecule has 0 aromatic heterocycles. The zero-order chi connectivity index (χ0) is 16.9. The number of carboxylic acids is 1. The topological polar surface area (TPSA) is 95.5 Å². The Morgan fingerprint density at radius 3 is 2.41 bits per heavy atom. The second-order valence-electron chi connectivity index (χ2n) is 5.63. The lowest BCUT2D eigenvalue weighted by atomic mass is 10.1. The molecule has 0 bridgehead atoms. The van der Waals surface area contributed by atoms with Crippen molar-refractivity contribution in [3.8, 4) is 0 Å². The molecule has 1 rings (SSSR count). The Bertz CT molecular complexity index is 626. The van der Waals surface area contributed by atoms with Gasteiger partial charge >= 0.3 is 5.97 Å². The van der Waals surface area contributed by atoms with Gasteiger partial charge < -0.3 is 10.4 Å². The van der Waals surface area contributed by atoms with Crippen molar-refractivity contribution in [2.24, 2.45) is 0 Å². The van der Waals surface area contributed by atoms with Crippen LogP contribution >= 0.6 is 0 Å². The highest BCUT2D eigenvalue weighted by Gasteiger charge is 2.22. The molecule has 1 aromatic rings. The Morgan fingerprint density at radius 1 is 1.27 bits per heavy atom. The van der Waals surface area contributed by atoms with Crippen LogP contribution in [0, 0.1) is 0 Å². The summed E-state index contributed by atoms with van der Waals surface area (Å²) < 4.78 is 27.4. The lowest BCUT2D eigenvalue weighted by Crippen LogP contribution is -2.31. The number of anilines is 1. The molecule has 1 atom stereocenters. The van der Waals surface area contributed by atoms with Crippen molar-refractivity contribution in [1.29, 1.82) is 0 Å². The maximum absolute atomic E-state index is 12.4. The minimum atomic E-state index is -3.78. The van der Waals surface area contributed by atoms with Crippen LogP contribution in [0.1, 0.15) is 50.9 Å². The maximum atomic E-state index is 12.4. The van der Waals surface area contributed by atoms with Gasteiger partial charge in [0.25, 0.3) is 0 Å². The summed E-state index contributed by atoms with van der Waals surface area (Å²) in [4.78, 5) is 11.1. The van der Waals surface area contributed by atoms with E-state index in [0.717, 1.165) is 12.8 Å². The fourth-order valence-electron chi connectivity index (χ4n) is 2.14. The van der Waals surface area contributed by atoms with E-state index in [4.69, 9.17) is 5.11 Å². The number of carbonyl (C=O) groups is 1. The molecule has 22 heavy (non-hydrogen) atoms. The number of hydrogen-bond acceptors (Lipinski definition) is 4. The summed E-state index contributed by atoms with van der Waals surface area (Å²) in [6, 6.07) is 3.91. The van der Waals surface area contributed by atoms with E-state index in [0.29, 0.717) is 5.69 Å². The number of aromatic carboxylic acids is 1. The Labute approximate surface area is 132 Å². The molecule has 0 saturated carbocycles. The van der Waals surface area contributed by atoms with Gasteiger partial charge in [0.2, 0.25) is 10.0 Å². The van der Waals surface area contributed by atoms with Gasteiger partial charge in [0.1, 0.15) is 4.90 Å². The van der Waals surface area contributed by atoms with Crippen LogP contribution in [0.15, 0.2) is 23.1 Å². The summed E-state index contributed by atoms with van der Waals surface area (Å²) in [5.41, 5.74) is 0.358. The Kier molecular flexibility index (Phi) is 6.37. The van der Waals surface area contributed by atoms with E-state index in [1.165, 1.54) is 18.2 Å². The predicted molar refractivity (Wildman–Crippen MR) is 86.9 cm³/mol. The van der Waals surface area contributed by atoms with Crippen LogP contribution in [0.5, 0.6) is 0 Å². The molecule has 7 heteroatoms. The normalized spacial score (nSPS) is 13.1. The largest absolute Gasteiger partial charge is 0.478 e. The molecule has 0 aliphatic heterocycles. The van der Waals surface area contributed by atoms with Crippen LogP contribution in [0.3, 0.4) is 0 Å². The molecule has 0 aliphatic rings. The SMILES string of the molecule is CCCC(C)Nc1ccc(C(=O)O)cc1S(=O)(=O)NC(C)C. The average Bonchev–Trinajstić information content (AvgIpc) is 2.37. The van der Waals surface area contributed by atoms with Gasteiger partial charge in [-0.25, -0.2) is 17.9 Å². The molecule has 0 radical (unpaired) electrons. The minimum absolute atomic E-state index is 0.0379. The maximum Gasteiger partial charge on any atom is 0.335 e. The van der Waals surface area contributed by atoms with E-state index in [-0.39, 0.29) is 22.5 Å². The smallest absolute Gasteiger partial charge is 0.335 e. The fraction of sp³-hybridized carbons (Fsp3) is 0.533. The highest BCUT2D eigenvalue weighted by molar-refractivity contribution is 7.89. The molecule has 124 valence electrons. The van der Waals surface area contributed by atoms with Gasteiger partial charge in [-0.2, -0.15) is 0 Å². The first-order valence-electron chi connectivity index (χ1n) is 7.33. The quantitative estimate of drug-likeness (QED) is 0.682. The summed E-state index contributed by atoms with van der Waals surface area (Å²) in [7, 11) is -3.78. The molecule has 3 N–H and O–H groups in total. The summed E-state index contributed by atoms with van der Waals surface area (Å²) in [6.45, 7) is 7.43. The Balaban J connectivity index is 3.29. The molecular formula is C15H24N2O4S. The molecule has 6 nitrogen and oxygen atoms in total. The van der Waals surface area contributed by atoms with Crippen LogP contribution in [-0.2, 0) is 10.0 Å². The number of hydrogen-bond donors (Lipinski definition) is 3. The van der Waals surface area contributed by atoms with Crippen molar-refractivity contribution in [1.82, 2.24) is 4.72 Å². The number of sulfonamides is 1. The molecule has 0 heterocycles. The van der Waals surface area contributed by atoms with E-state index in [1.807, 2.05) is 13.8 Å². The molecular weight excluding hydrogens is 304 g/mol. The van der Waals surface area contributed by atoms with Crippen molar-refractivity contribution >= 4 is 21.7 Å². The van der Waals surface area contributed by atoms with Gasteiger partial charge in [-0.15, -0.1) is 0 Å². The Hall–Kier alpha value is -1.60. The lowest BCUT2D eigenvalue weighted by Gasteiger charge is -2.19. The standard InChI is InChI=1S/C15H24N2O4S/c1-5-6-11(4)16-13-8-7-12(15(18)19)9-14(13)22(20,21)17-10(2)3/h7-11,16-17H,5-6H2,1-4H3,(H,18,19). The first-order chi connectivity index (χ1) is 10.2. The molecule has 0 amide bonds. The summed E-state index contributed by atoms with van der Waals surface area (Å²) in [6.07, 6.45) is 1.85. The second-order valence-corrected chi connectivity index (χ2v) is 7.31. The third kappa shape index (κ3) is 4.99. The zero-order valence-electron chi connectivity index (χ0n) is 13.4. The van der Waals surface area contributed by atoms with Crippen molar-refractivity contribution in [2.45, 2.75) is 57.5 Å². The first-order valence-corrected chi connectivity index (χ1v) is 8.82. The minimum Gasteiger partial charge on any atom is -0.478 e. The van der Waals surface area contributed by atoms with E-state index in [2.05, 4.69) is 10.0 Å². The van der Waals surface area contributed by atoms with Gasteiger partial charge in [0, 0.05) is 12.1 Å². The molecule has 0 fully saturated rings. The number of benzene rings is 1. The van der Waals surface area contributed by atoms with E-state index in [9.17, 15) is 13.2 Å². The summed E-state index contributed by atoms with van der Waals surface area (Å²) in [5.74, 6) is -1.16. The molecule has 0 spiro atoms. The van der Waals surface area contributed by atoms with E-state index >= 15 is 0 Å². The number of rotatable bonds is 8. The van der Waals surface area contributed by atoms with Gasteiger partial charge in [-0.05, 0) is 45.4 Å². The van der Waals surface area contributed by atoms with Gasteiger partial charge in [0.15, 0.2) is 0 Å². The number of carboxylic acid groups (broad SMARTS) is 1. The van der Waals surface area contributed by atoms with E-state index < -0.39 is 16.0 Å². The highest BCUT2D eigenvalue weighted by atomic mass is 32.2. The van der Waals surface area contributed by atoms with Crippen molar-refractivity contribution < 1.29 is 18.3 Å². The van der Waals surface area contributed by atoms with Crippen molar-refractivity contribution in [3.05, 3.63) is 23.8 Å². The molecule has 0 aliphatic carbocycles. The second kappa shape index (κ2) is 7.60. The molecule has 1 unspecified atom stereocenters. The molecule has 0 saturated heterocycles. The van der Waals surface area contributed by atoms with Crippen LogP contribution < -0.4 is 10.0 Å². The van der Waals surface area contributed by atoms with Crippen molar-refractivity contribution in [3.63, 3.8) is 0 Å². The summed E-state index contributed by atoms with van der Waals surface area (Å²) >= 11 is 0. The third-order valence-electron chi connectivity index (χ3n) is 3.03. The summed E-state index contributed by atoms with van der Waals surface area (Å²) in [5, 5.41) is 12.2. The zero-order valence-corrected chi connectivity index (χ0v) is 14.2. The van der Waals surface area contributed by atoms with Gasteiger partial charge in [-0.3, -0.25) is 0 Å². The predicted octanol–water partition coefficient (Wildman–Crippen LogP) is 2.67. The number of nitrogens with one attached hydrogen (secondary N) is 2. The van der Waals surface area contributed by atoms with Crippen LogP contribution in [0.25, 0.3) is 0 Å². The monoisotopic (exact) mass is 328 g/mol. The van der Waals surface area contributed by atoms with Crippen LogP contribution in [-0.4, -0.2) is 31.6 Å².